The van der Waals surface area contributed by atoms with Crippen LogP contribution in [0.1, 0.15) is 43.8 Å². The van der Waals surface area contributed by atoms with Crippen LogP contribution in [-0.4, -0.2) is 21.3 Å². The summed E-state index contributed by atoms with van der Waals surface area (Å²) in [6.45, 7) is 6.24. The second-order valence-electron chi connectivity index (χ2n) is 6.81. The van der Waals surface area contributed by atoms with Gasteiger partial charge >= 0.3 is 0 Å². The molecule has 0 aliphatic rings. The molecule has 0 unspecified atom stereocenters. The van der Waals surface area contributed by atoms with Crippen molar-refractivity contribution in [3.8, 4) is 0 Å². The molecule has 0 radical (unpaired) electrons. The summed E-state index contributed by atoms with van der Waals surface area (Å²) in [5, 5.41) is 14.6. The van der Waals surface area contributed by atoms with E-state index >= 15 is 0 Å². The Labute approximate surface area is 150 Å². The molecule has 2 aromatic heterocycles. The molecule has 0 aliphatic carbocycles. The van der Waals surface area contributed by atoms with Crippen molar-refractivity contribution in [3.05, 3.63) is 57.8 Å². The predicted octanol–water partition coefficient (Wildman–Crippen LogP) is 2.53. The summed E-state index contributed by atoms with van der Waals surface area (Å²) in [6, 6.07) is 8.98. The largest absolute Gasteiger partial charge is 0.359 e. The minimum absolute atomic E-state index is 0.198. The predicted molar refractivity (Wildman–Crippen MR) is 97.7 cm³/mol. The van der Waals surface area contributed by atoms with Crippen molar-refractivity contribution in [3.63, 3.8) is 0 Å². The number of aromatic nitrogens is 3. The summed E-state index contributed by atoms with van der Waals surface area (Å²) in [7, 11) is 0. The fourth-order valence-electron chi connectivity index (χ4n) is 2.87. The number of benzene rings is 1. The fourth-order valence-corrected chi connectivity index (χ4v) is 2.87. The topological polar surface area (TPSA) is 101 Å². The molecular formula is C19H22N4O3. The lowest BCUT2D eigenvalue weighted by Crippen LogP contribution is -2.28. The number of nitrogens with one attached hydrogen (secondary N) is 2. The molecule has 0 fully saturated rings. The molecule has 1 aromatic carbocycles. The molecule has 3 rings (SSSR count). The van der Waals surface area contributed by atoms with E-state index in [0.29, 0.717) is 28.1 Å². The van der Waals surface area contributed by atoms with E-state index in [1.165, 1.54) is 0 Å². The zero-order valence-electron chi connectivity index (χ0n) is 15.1. The van der Waals surface area contributed by atoms with E-state index in [2.05, 4.69) is 34.5 Å². The van der Waals surface area contributed by atoms with Crippen molar-refractivity contribution >= 4 is 16.7 Å². The SMILES string of the molecule is CC(C)Cc1cc(CNC(=O)[C@H](C)c2n[nH]c(=O)c3ccccc23)on1. The molecule has 3 aromatic rings. The number of carbonyl (C=O) groups is 1. The van der Waals surface area contributed by atoms with Crippen molar-refractivity contribution in [2.75, 3.05) is 0 Å². The van der Waals surface area contributed by atoms with Crippen LogP contribution in [0.25, 0.3) is 10.8 Å². The quantitative estimate of drug-likeness (QED) is 0.708. The third kappa shape index (κ3) is 3.82. The van der Waals surface area contributed by atoms with Crippen LogP contribution < -0.4 is 10.9 Å². The average Bonchev–Trinajstić information content (AvgIpc) is 3.06. The third-order valence-corrected chi connectivity index (χ3v) is 4.19. The Balaban J connectivity index is 1.72. The Morgan fingerprint density at radius 1 is 1.23 bits per heavy atom. The van der Waals surface area contributed by atoms with E-state index in [1.54, 1.807) is 25.1 Å². The molecule has 26 heavy (non-hydrogen) atoms. The molecule has 0 saturated carbocycles. The van der Waals surface area contributed by atoms with E-state index in [0.717, 1.165) is 12.1 Å². The number of rotatable bonds is 6. The van der Waals surface area contributed by atoms with Crippen LogP contribution in [0.2, 0.25) is 0 Å². The highest BCUT2D eigenvalue weighted by Crippen LogP contribution is 2.21. The van der Waals surface area contributed by atoms with Gasteiger partial charge in [-0.25, -0.2) is 5.10 Å². The fraction of sp³-hybridized carbons (Fsp3) is 0.368. The second kappa shape index (κ2) is 7.51. The number of hydrogen-bond donors (Lipinski definition) is 2. The van der Waals surface area contributed by atoms with Crippen molar-refractivity contribution in [2.45, 2.75) is 39.7 Å². The normalized spacial score (nSPS) is 12.5. The standard InChI is InChI=1S/C19H22N4O3/c1-11(2)8-13-9-14(26-23-13)10-20-18(24)12(3)17-15-6-4-5-7-16(15)19(25)22-21-17/h4-7,9,11-12H,8,10H2,1-3H3,(H,20,24)(H,22,25)/t12-/m1/s1. The molecular weight excluding hydrogens is 332 g/mol. The molecule has 136 valence electrons. The lowest BCUT2D eigenvalue weighted by atomic mass is 10.0. The molecule has 0 spiro atoms. The summed E-state index contributed by atoms with van der Waals surface area (Å²) >= 11 is 0. The first-order valence-electron chi connectivity index (χ1n) is 8.65. The van der Waals surface area contributed by atoms with E-state index in [9.17, 15) is 9.59 Å². The Bertz CT molecular complexity index is 974. The van der Waals surface area contributed by atoms with Gasteiger partial charge in [-0.1, -0.05) is 37.2 Å². The molecule has 7 heteroatoms. The van der Waals surface area contributed by atoms with Crippen LogP contribution in [0.3, 0.4) is 0 Å². The van der Waals surface area contributed by atoms with Crippen LogP contribution in [0.15, 0.2) is 39.6 Å². The Morgan fingerprint density at radius 2 is 1.96 bits per heavy atom. The summed E-state index contributed by atoms with van der Waals surface area (Å²) < 4.78 is 5.26. The average molecular weight is 354 g/mol. The highest BCUT2D eigenvalue weighted by atomic mass is 16.5. The first kappa shape index (κ1) is 17.8. The molecule has 0 bridgehead atoms. The summed E-state index contributed by atoms with van der Waals surface area (Å²) in [5.74, 6) is 0.383. The first-order valence-corrected chi connectivity index (χ1v) is 8.65. The Kier molecular flexibility index (Phi) is 5.16. The van der Waals surface area contributed by atoms with Crippen LogP contribution >= 0.6 is 0 Å². The smallest absolute Gasteiger partial charge is 0.272 e. The van der Waals surface area contributed by atoms with E-state index < -0.39 is 5.92 Å². The Morgan fingerprint density at radius 3 is 2.69 bits per heavy atom. The minimum Gasteiger partial charge on any atom is -0.359 e. The number of H-pyrrole nitrogens is 1. The van der Waals surface area contributed by atoms with Gasteiger partial charge in [0.15, 0.2) is 5.76 Å². The summed E-state index contributed by atoms with van der Waals surface area (Å²) in [5.41, 5.74) is 1.15. The zero-order chi connectivity index (χ0) is 18.7. The van der Waals surface area contributed by atoms with Crippen molar-refractivity contribution in [1.82, 2.24) is 20.7 Å². The van der Waals surface area contributed by atoms with E-state index in [-0.39, 0.29) is 18.0 Å². The maximum Gasteiger partial charge on any atom is 0.272 e. The van der Waals surface area contributed by atoms with Gasteiger partial charge < -0.3 is 9.84 Å². The van der Waals surface area contributed by atoms with Gasteiger partial charge in [-0.15, -0.1) is 0 Å². The summed E-state index contributed by atoms with van der Waals surface area (Å²) in [4.78, 5) is 24.4. The van der Waals surface area contributed by atoms with E-state index in [4.69, 9.17) is 4.52 Å². The molecule has 2 N–H and O–H groups in total. The van der Waals surface area contributed by atoms with Crippen molar-refractivity contribution in [1.29, 1.82) is 0 Å². The molecule has 0 aliphatic heterocycles. The van der Waals surface area contributed by atoms with Crippen LogP contribution in [0.4, 0.5) is 0 Å². The summed E-state index contributed by atoms with van der Waals surface area (Å²) in [6.07, 6.45) is 0.834. The van der Waals surface area contributed by atoms with Crippen molar-refractivity contribution < 1.29 is 9.32 Å². The van der Waals surface area contributed by atoms with Gasteiger partial charge in [0.2, 0.25) is 5.91 Å². The highest BCUT2D eigenvalue weighted by Gasteiger charge is 2.20. The second-order valence-corrected chi connectivity index (χ2v) is 6.81. The van der Waals surface area contributed by atoms with Gasteiger partial charge in [-0.3, -0.25) is 9.59 Å². The van der Waals surface area contributed by atoms with Crippen LogP contribution in [0, 0.1) is 5.92 Å². The van der Waals surface area contributed by atoms with Gasteiger partial charge in [-0.05, 0) is 25.3 Å². The van der Waals surface area contributed by atoms with Gasteiger partial charge in [0.05, 0.1) is 29.2 Å². The number of nitrogens with zero attached hydrogens (tertiary/aromatic N) is 2. The molecule has 7 nitrogen and oxygen atoms in total. The van der Waals surface area contributed by atoms with Gasteiger partial charge in [0.1, 0.15) is 0 Å². The number of fused-ring (bicyclic) bond motifs is 1. The van der Waals surface area contributed by atoms with Crippen LogP contribution in [-0.2, 0) is 17.8 Å². The zero-order valence-corrected chi connectivity index (χ0v) is 15.1. The lowest BCUT2D eigenvalue weighted by molar-refractivity contribution is -0.122. The number of amides is 1. The molecule has 1 amide bonds. The highest BCUT2D eigenvalue weighted by molar-refractivity contribution is 5.90. The van der Waals surface area contributed by atoms with Gasteiger partial charge in [0, 0.05) is 11.5 Å². The maximum atomic E-state index is 12.5. The van der Waals surface area contributed by atoms with Gasteiger partial charge in [-0.2, -0.15) is 5.10 Å². The van der Waals surface area contributed by atoms with Crippen LogP contribution in [0.5, 0.6) is 0 Å². The maximum absolute atomic E-state index is 12.5. The molecule has 1 atom stereocenters. The number of carbonyl (C=O) groups excluding carboxylic acids is 1. The molecule has 2 heterocycles. The first-order chi connectivity index (χ1) is 12.5. The lowest BCUT2D eigenvalue weighted by Gasteiger charge is -2.12. The van der Waals surface area contributed by atoms with Crippen molar-refractivity contribution in [2.24, 2.45) is 5.92 Å². The third-order valence-electron chi connectivity index (χ3n) is 4.19. The monoisotopic (exact) mass is 354 g/mol. The van der Waals surface area contributed by atoms with Gasteiger partial charge in [0.25, 0.3) is 5.56 Å². The van der Waals surface area contributed by atoms with E-state index in [1.807, 2.05) is 12.1 Å². The Hall–Kier alpha value is -2.96. The number of hydrogen-bond acceptors (Lipinski definition) is 5. The number of aromatic amines is 1. The minimum atomic E-state index is -0.519. The molecule has 0 saturated heterocycles.